The molecule has 196 valence electrons. The summed E-state index contributed by atoms with van der Waals surface area (Å²) in [4.78, 5) is 41.3. The van der Waals surface area contributed by atoms with E-state index in [9.17, 15) is 24.8 Å². The monoisotopic (exact) mass is 545 g/mol. The first-order chi connectivity index (χ1) is 18.7. The molecule has 0 saturated carbocycles. The summed E-state index contributed by atoms with van der Waals surface area (Å²) < 4.78 is 18.5. The highest BCUT2D eigenvalue weighted by atomic mass is 32.1. The van der Waals surface area contributed by atoms with Crippen LogP contribution in [0.1, 0.15) is 29.9 Å². The lowest BCUT2D eigenvalue weighted by atomic mass is 9.95. The number of hydrogen-bond acceptors (Lipinski definition) is 9. The third-order valence-electron chi connectivity index (χ3n) is 6.55. The molecule has 0 amide bonds. The molecule has 2 aliphatic heterocycles. The largest absolute Gasteiger partial charge is 0.478 e. The highest BCUT2D eigenvalue weighted by Gasteiger charge is 2.33. The van der Waals surface area contributed by atoms with Crippen molar-refractivity contribution in [3.63, 3.8) is 0 Å². The number of carboxylic acids is 1. The summed E-state index contributed by atoms with van der Waals surface area (Å²) >= 11 is 1.12. The van der Waals surface area contributed by atoms with Gasteiger partial charge in [0.25, 0.3) is 11.2 Å². The maximum Gasteiger partial charge on any atom is 0.335 e. The normalized spacial score (nSPS) is 16.3. The average molecular weight is 546 g/mol. The van der Waals surface area contributed by atoms with Crippen molar-refractivity contribution in [2.45, 2.75) is 19.9 Å². The van der Waals surface area contributed by atoms with Crippen LogP contribution in [0.5, 0.6) is 11.5 Å². The van der Waals surface area contributed by atoms with Gasteiger partial charge in [-0.15, -0.1) is 0 Å². The zero-order valence-electron chi connectivity index (χ0n) is 20.5. The van der Waals surface area contributed by atoms with E-state index in [0.29, 0.717) is 54.7 Å². The van der Waals surface area contributed by atoms with Gasteiger partial charge < -0.3 is 19.0 Å². The van der Waals surface area contributed by atoms with Crippen LogP contribution in [-0.4, -0.2) is 27.4 Å². The number of carbonyl (C=O) groups is 1. The van der Waals surface area contributed by atoms with Crippen molar-refractivity contribution in [3.05, 3.63) is 106 Å². The Morgan fingerprint density at radius 3 is 2.69 bits per heavy atom. The van der Waals surface area contributed by atoms with Gasteiger partial charge in [0.1, 0.15) is 11.5 Å². The predicted molar refractivity (Wildman–Crippen MR) is 140 cm³/mol. The molecule has 39 heavy (non-hydrogen) atoms. The number of furan rings is 1. The highest BCUT2D eigenvalue weighted by Crippen LogP contribution is 2.38. The second-order valence-corrected chi connectivity index (χ2v) is 9.97. The average Bonchev–Trinajstić information content (AvgIpc) is 3.62. The van der Waals surface area contributed by atoms with E-state index in [1.165, 1.54) is 16.7 Å². The van der Waals surface area contributed by atoms with E-state index in [1.807, 2.05) is 0 Å². The number of thiazole rings is 1. The van der Waals surface area contributed by atoms with Crippen molar-refractivity contribution in [1.29, 1.82) is 0 Å². The molecule has 6 rings (SSSR count). The molecule has 4 heterocycles. The fraction of sp³-hybridized carbons (Fsp3) is 0.148. The Morgan fingerprint density at radius 2 is 1.95 bits per heavy atom. The molecule has 4 aromatic rings. The van der Waals surface area contributed by atoms with E-state index < -0.39 is 22.5 Å². The summed E-state index contributed by atoms with van der Waals surface area (Å²) in [5.41, 5.74) is 1.76. The minimum absolute atomic E-state index is 0.0123. The van der Waals surface area contributed by atoms with E-state index in [4.69, 9.17) is 13.9 Å². The van der Waals surface area contributed by atoms with Crippen LogP contribution in [0.2, 0.25) is 0 Å². The van der Waals surface area contributed by atoms with Gasteiger partial charge in [0.15, 0.2) is 16.3 Å². The van der Waals surface area contributed by atoms with Gasteiger partial charge in [0.05, 0.1) is 26.8 Å². The number of allylic oxidation sites excluding steroid dienone is 1. The number of nitrogens with zero attached hydrogens (tertiary/aromatic N) is 3. The fourth-order valence-corrected chi connectivity index (χ4v) is 5.76. The molecular weight excluding hydrogens is 526 g/mol. The quantitative estimate of drug-likeness (QED) is 0.296. The molecule has 0 saturated heterocycles. The number of nitro groups is 1. The molecule has 2 aromatic heterocycles. The molecule has 0 aliphatic carbocycles. The number of carboxylic acid groups (broad SMARTS) is 1. The molecule has 12 heteroatoms. The first kappa shape index (κ1) is 24.4. The van der Waals surface area contributed by atoms with Crippen molar-refractivity contribution in [2.24, 2.45) is 4.99 Å². The Balaban J connectivity index is 1.45. The third kappa shape index (κ3) is 4.10. The first-order valence-corrected chi connectivity index (χ1v) is 12.5. The van der Waals surface area contributed by atoms with Gasteiger partial charge in [0, 0.05) is 23.8 Å². The topological polar surface area (TPSA) is 146 Å². The number of fused-ring (bicyclic) bond motifs is 2. The number of aromatic nitrogens is 1. The van der Waals surface area contributed by atoms with Gasteiger partial charge >= 0.3 is 5.97 Å². The minimum Gasteiger partial charge on any atom is -0.478 e. The lowest BCUT2D eigenvalue weighted by Crippen LogP contribution is -2.39. The van der Waals surface area contributed by atoms with Crippen LogP contribution >= 0.6 is 11.3 Å². The maximum atomic E-state index is 13.6. The van der Waals surface area contributed by atoms with Crippen molar-refractivity contribution in [1.82, 2.24) is 4.57 Å². The van der Waals surface area contributed by atoms with E-state index in [-0.39, 0.29) is 18.1 Å². The van der Waals surface area contributed by atoms with E-state index in [1.54, 1.807) is 56.3 Å². The molecule has 0 spiro atoms. The Hall–Kier alpha value is -4.97. The van der Waals surface area contributed by atoms with Gasteiger partial charge in [-0.05, 0) is 55.3 Å². The second-order valence-electron chi connectivity index (χ2n) is 8.96. The molecular formula is C27H19N3O8S. The van der Waals surface area contributed by atoms with E-state index >= 15 is 0 Å². The molecule has 1 N–H and O–H groups in total. The van der Waals surface area contributed by atoms with Gasteiger partial charge in [-0.3, -0.25) is 19.5 Å². The standard InChI is InChI=1S/C27H19N3O8S/c1-13-9-16(30(34)35)4-6-18(13)19-8-5-17(38-19)11-22-25(31)29-24(15-3-7-20-21(10-15)37-12-36-20)23(26(32)33)14(2)28-27(29)39-22/h3-11,24H,12H2,1-2H3,(H,32,33). The number of ether oxygens (including phenoxy) is 2. The number of rotatable bonds is 5. The Kier molecular flexibility index (Phi) is 5.69. The SMILES string of the molecule is CC1=C(C(=O)O)C(c2ccc3c(c2)OCO3)n2c(sc(=Cc3ccc(-c4ccc([N+](=O)[O-])cc4C)o3)c2=O)=N1. The Bertz CT molecular complexity index is 1910. The van der Waals surface area contributed by atoms with Crippen molar-refractivity contribution in [3.8, 4) is 22.8 Å². The predicted octanol–water partition coefficient (Wildman–Crippen LogP) is 3.53. The molecule has 11 nitrogen and oxygen atoms in total. The summed E-state index contributed by atoms with van der Waals surface area (Å²) in [5.74, 6) is 0.715. The van der Waals surface area contributed by atoms with E-state index in [0.717, 1.165) is 11.3 Å². The summed E-state index contributed by atoms with van der Waals surface area (Å²) in [5, 5.41) is 21.1. The number of benzene rings is 2. The van der Waals surface area contributed by atoms with Crippen molar-refractivity contribution in [2.75, 3.05) is 6.79 Å². The summed E-state index contributed by atoms with van der Waals surface area (Å²) in [6, 6.07) is 12.1. The lowest BCUT2D eigenvalue weighted by Gasteiger charge is -2.23. The Labute approximate surface area is 223 Å². The van der Waals surface area contributed by atoms with Crippen LogP contribution < -0.4 is 24.4 Å². The van der Waals surface area contributed by atoms with Gasteiger partial charge in [0.2, 0.25) is 6.79 Å². The molecule has 1 unspecified atom stereocenters. The third-order valence-corrected chi connectivity index (χ3v) is 7.53. The van der Waals surface area contributed by atoms with Gasteiger partial charge in [-0.25, -0.2) is 9.79 Å². The Morgan fingerprint density at radius 1 is 1.15 bits per heavy atom. The highest BCUT2D eigenvalue weighted by molar-refractivity contribution is 7.07. The molecule has 1 atom stereocenters. The van der Waals surface area contributed by atoms with Crippen LogP contribution in [0.4, 0.5) is 5.69 Å². The number of nitro benzene ring substituents is 1. The number of hydrogen-bond donors (Lipinski definition) is 1. The summed E-state index contributed by atoms with van der Waals surface area (Å²) in [7, 11) is 0. The number of aryl methyl sites for hydroxylation is 1. The fourth-order valence-electron chi connectivity index (χ4n) is 4.74. The van der Waals surface area contributed by atoms with E-state index in [2.05, 4.69) is 4.99 Å². The van der Waals surface area contributed by atoms with Crippen LogP contribution in [0, 0.1) is 17.0 Å². The zero-order valence-corrected chi connectivity index (χ0v) is 21.4. The smallest absolute Gasteiger partial charge is 0.335 e. The molecule has 0 bridgehead atoms. The van der Waals surface area contributed by atoms with Crippen LogP contribution in [0.3, 0.4) is 0 Å². The number of aliphatic carboxylic acids is 1. The van der Waals surface area contributed by atoms with Crippen molar-refractivity contribution >= 4 is 29.1 Å². The van der Waals surface area contributed by atoms with Crippen LogP contribution in [-0.2, 0) is 4.79 Å². The van der Waals surface area contributed by atoms with Crippen molar-refractivity contribution < 1.29 is 28.7 Å². The van der Waals surface area contributed by atoms with Gasteiger partial charge in [-0.2, -0.15) is 0 Å². The minimum atomic E-state index is -1.18. The molecule has 2 aliphatic rings. The number of non-ortho nitro benzene ring substituents is 1. The summed E-state index contributed by atoms with van der Waals surface area (Å²) in [6.07, 6.45) is 1.57. The summed E-state index contributed by atoms with van der Waals surface area (Å²) in [6.45, 7) is 3.42. The maximum absolute atomic E-state index is 13.6. The molecule has 0 radical (unpaired) electrons. The van der Waals surface area contributed by atoms with Crippen LogP contribution in [0.15, 0.2) is 74.0 Å². The zero-order chi connectivity index (χ0) is 27.4. The second kappa shape index (κ2) is 9.10. The molecule has 0 fully saturated rings. The van der Waals surface area contributed by atoms with Crippen LogP contribution in [0.25, 0.3) is 17.4 Å². The molecule has 2 aromatic carbocycles. The van der Waals surface area contributed by atoms with Gasteiger partial charge in [-0.1, -0.05) is 17.4 Å². The first-order valence-electron chi connectivity index (χ1n) is 11.7. The lowest BCUT2D eigenvalue weighted by molar-refractivity contribution is -0.384.